The zero-order valence-electron chi connectivity index (χ0n) is 11.6. The maximum absolute atomic E-state index is 9.52. The molecule has 106 valence electrons. The topological polar surface area (TPSA) is 32.3 Å². The summed E-state index contributed by atoms with van der Waals surface area (Å²) in [5, 5.41) is 13.1. The number of benzene rings is 1. The van der Waals surface area contributed by atoms with Gasteiger partial charge in [-0.25, -0.2) is 0 Å². The number of rotatable bonds is 4. The van der Waals surface area contributed by atoms with E-state index in [1.807, 2.05) is 11.3 Å². The second kappa shape index (κ2) is 6.53. The van der Waals surface area contributed by atoms with Gasteiger partial charge in [0.05, 0.1) is 6.10 Å². The summed E-state index contributed by atoms with van der Waals surface area (Å²) in [6, 6.07) is 15.5. The van der Waals surface area contributed by atoms with E-state index in [1.165, 1.54) is 15.3 Å². The first-order valence-electron chi connectivity index (χ1n) is 7.37. The molecule has 1 heterocycles. The standard InChI is InChI=1S/C17H21NOS/c19-15-8-6-14(7-9-15)18-12-16-10-11-17(20-16)13-4-2-1-3-5-13/h1-5,10-11,14-15,18-19H,6-9,12H2. The molecule has 3 rings (SSSR count). The van der Waals surface area contributed by atoms with Crippen LogP contribution in [0.1, 0.15) is 30.6 Å². The van der Waals surface area contributed by atoms with Crippen LogP contribution < -0.4 is 5.32 Å². The van der Waals surface area contributed by atoms with Crippen LogP contribution in [0, 0.1) is 0 Å². The number of aliphatic hydroxyl groups excluding tert-OH is 1. The number of thiophene rings is 1. The molecule has 0 bridgehead atoms. The van der Waals surface area contributed by atoms with E-state index in [4.69, 9.17) is 0 Å². The Labute approximate surface area is 124 Å². The average Bonchev–Trinajstić information content (AvgIpc) is 2.97. The van der Waals surface area contributed by atoms with E-state index in [-0.39, 0.29) is 6.10 Å². The SMILES string of the molecule is OC1CCC(NCc2ccc(-c3ccccc3)s2)CC1. The molecule has 2 N–H and O–H groups in total. The quantitative estimate of drug-likeness (QED) is 0.896. The third-order valence-electron chi connectivity index (χ3n) is 3.98. The Kier molecular flexibility index (Phi) is 4.51. The van der Waals surface area contributed by atoms with Gasteiger partial charge in [-0.2, -0.15) is 0 Å². The molecule has 2 nitrogen and oxygen atoms in total. The van der Waals surface area contributed by atoms with E-state index in [0.717, 1.165) is 32.2 Å². The molecule has 0 aliphatic heterocycles. The van der Waals surface area contributed by atoms with Crippen molar-refractivity contribution in [3.05, 3.63) is 47.3 Å². The van der Waals surface area contributed by atoms with E-state index < -0.39 is 0 Å². The molecule has 1 aliphatic rings. The number of hydrogen-bond donors (Lipinski definition) is 2. The number of hydrogen-bond acceptors (Lipinski definition) is 3. The highest BCUT2D eigenvalue weighted by Crippen LogP contribution is 2.28. The Morgan fingerprint density at radius 2 is 1.75 bits per heavy atom. The minimum Gasteiger partial charge on any atom is -0.393 e. The van der Waals surface area contributed by atoms with Gasteiger partial charge in [0.15, 0.2) is 0 Å². The first-order valence-corrected chi connectivity index (χ1v) is 8.18. The molecule has 1 aliphatic carbocycles. The van der Waals surface area contributed by atoms with Crippen LogP contribution in [0.25, 0.3) is 10.4 Å². The van der Waals surface area contributed by atoms with Gasteiger partial charge in [-0.1, -0.05) is 30.3 Å². The predicted octanol–water partition coefficient (Wildman–Crippen LogP) is 3.81. The minimum absolute atomic E-state index is 0.0699. The Hall–Kier alpha value is -1.16. The van der Waals surface area contributed by atoms with Crippen LogP contribution >= 0.6 is 11.3 Å². The van der Waals surface area contributed by atoms with Crippen LogP contribution in [0.3, 0.4) is 0 Å². The molecule has 0 amide bonds. The summed E-state index contributed by atoms with van der Waals surface area (Å²) in [6.45, 7) is 0.943. The van der Waals surface area contributed by atoms with Gasteiger partial charge >= 0.3 is 0 Å². The monoisotopic (exact) mass is 287 g/mol. The summed E-state index contributed by atoms with van der Waals surface area (Å²) in [4.78, 5) is 2.72. The van der Waals surface area contributed by atoms with Crippen LogP contribution in [0.4, 0.5) is 0 Å². The Balaban J connectivity index is 1.55. The summed E-state index contributed by atoms with van der Waals surface area (Å²) in [6.07, 6.45) is 4.00. The van der Waals surface area contributed by atoms with Crippen LogP contribution in [0.5, 0.6) is 0 Å². The average molecular weight is 287 g/mol. The highest BCUT2D eigenvalue weighted by molar-refractivity contribution is 7.15. The molecule has 2 aromatic rings. The van der Waals surface area contributed by atoms with Gasteiger partial charge in [-0.15, -0.1) is 11.3 Å². The second-order valence-corrected chi connectivity index (χ2v) is 6.69. The van der Waals surface area contributed by atoms with Crippen molar-refractivity contribution >= 4 is 11.3 Å². The van der Waals surface area contributed by atoms with Crippen molar-refractivity contribution in [3.63, 3.8) is 0 Å². The predicted molar refractivity (Wildman–Crippen MR) is 84.9 cm³/mol. The summed E-state index contributed by atoms with van der Waals surface area (Å²) < 4.78 is 0. The van der Waals surface area contributed by atoms with E-state index in [9.17, 15) is 5.11 Å². The molecule has 20 heavy (non-hydrogen) atoms. The highest BCUT2D eigenvalue weighted by atomic mass is 32.1. The molecule has 0 spiro atoms. The van der Waals surface area contributed by atoms with Gasteiger partial charge in [-0.3, -0.25) is 0 Å². The van der Waals surface area contributed by atoms with E-state index >= 15 is 0 Å². The van der Waals surface area contributed by atoms with E-state index in [2.05, 4.69) is 47.8 Å². The van der Waals surface area contributed by atoms with Gasteiger partial charge in [0, 0.05) is 22.3 Å². The summed E-state index contributed by atoms with van der Waals surface area (Å²) in [5.74, 6) is 0. The smallest absolute Gasteiger partial charge is 0.0541 e. The molecule has 1 aromatic carbocycles. The molecule has 0 atom stereocenters. The molecular weight excluding hydrogens is 266 g/mol. The zero-order valence-corrected chi connectivity index (χ0v) is 12.4. The maximum Gasteiger partial charge on any atom is 0.0541 e. The van der Waals surface area contributed by atoms with Crippen molar-refractivity contribution < 1.29 is 5.11 Å². The first kappa shape index (κ1) is 13.8. The lowest BCUT2D eigenvalue weighted by molar-refractivity contribution is 0.116. The fourth-order valence-electron chi connectivity index (χ4n) is 2.76. The van der Waals surface area contributed by atoms with Crippen molar-refractivity contribution in [2.75, 3.05) is 0 Å². The lowest BCUT2D eigenvalue weighted by Crippen LogP contribution is -2.33. The molecule has 3 heteroatoms. The molecule has 1 saturated carbocycles. The van der Waals surface area contributed by atoms with Gasteiger partial charge in [-0.05, 0) is 43.4 Å². The lowest BCUT2D eigenvalue weighted by atomic mass is 9.93. The fourth-order valence-corrected chi connectivity index (χ4v) is 3.72. The lowest BCUT2D eigenvalue weighted by Gasteiger charge is -2.26. The van der Waals surface area contributed by atoms with E-state index in [0.29, 0.717) is 6.04 Å². The Bertz CT molecular complexity index is 529. The molecule has 0 radical (unpaired) electrons. The highest BCUT2D eigenvalue weighted by Gasteiger charge is 2.18. The van der Waals surface area contributed by atoms with Crippen molar-refractivity contribution in [2.45, 2.75) is 44.4 Å². The van der Waals surface area contributed by atoms with Crippen molar-refractivity contribution in [3.8, 4) is 10.4 Å². The summed E-state index contributed by atoms with van der Waals surface area (Å²) in [7, 11) is 0. The zero-order chi connectivity index (χ0) is 13.8. The number of nitrogens with one attached hydrogen (secondary N) is 1. The van der Waals surface area contributed by atoms with Gasteiger partial charge in [0.2, 0.25) is 0 Å². The van der Waals surface area contributed by atoms with Gasteiger partial charge in [0.25, 0.3) is 0 Å². The summed E-state index contributed by atoms with van der Waals surface area (Å²) >= 11 is 1.86. The van der Waals surface area contributed by atoms with Crippen molar-refractivity contribution in [1.82, 2.24) is 5.32 Å². The largest absolute Gasteiger partial charge is 0.393 e. The first-order chi connectivity index (χ1) is 9.81. The molecule has 0 unspecified atom stereocenters. The van der Waals surface area contributed by atoms with Gasteiger partial charge in [0.1, 0.15) is 0 Å². The minimum atomic E-state index is -0.0699. The normalized spacial score (nSPS) is 22.9. The van der Waals surface area contributed by atoms with Crippen LogP contribution in [0.15, 0.2) is 42.5 Å². The Morgan fingerprint density at radius 3 is 2.50 bits per heavy atom. The fraction of sp³-hybridized carbons (Fsp3) is 0.412. The van der Waals surface area contributed by atoms with Crippen LogP contribution in [0.2, 0.25) is 0 Å². The molecular formula is C17H21NOS. The third kappa shape index (κ3) is 3.48. The Morgan fingerprint density at radius 1 is 1.00 bits per heavy atom. The molecule has 0 saturated heterocycles. The van der Waals surface area contributed by atoms with E-state index in [1.54, 1.807) is 0 Å². The molecule has 1 aromatic heterocycles. The second-order valence-electron chi connectivity index (χ2n) is 5.52. The summed E-state index contributed by atoms with van der Waals surface area (Å²) in [5.41, 5.74) is 1.30. The maximum atomic E-state index is 9.52. The number of aliphatic hydroxyl groups is 1. The van der Waals surface area contributed by atoms with Gasteiger partial charge < -0.3 is 10.4 Å². The van der Waals surface area contributed by atoms with Crippen molar-refractivity contribution in [1.29, 1.82) is 0 Å². The molecule has 1 fully saturated rings. The van der Waals surface area contributed by atoms with Crippen LogP contribution in [-0.4, -0.2) is 17.3 Å². The third-order valence-corrected chi connectivity index (χ3v) is 5.12. The van der Waals surface area contributed by atoms with Crippen molar-refractivity contribution in [2.24, 2.45) is 0 Å². The van der Waals surface area contributed by atoms with Crippen LogP contribution in [-0.2, 0) is 6.54 Å².